The molecule has 0 radical (unpaired) electrons. The molecule has 0 aliphatic rings. The number of amides is 1. The molecule has 3 aromatic rings. The third-order valence-electron chi connectivity index (χ3n) is 4.68. The van der Waals surface area contributed by atoms with Crippen LogP contribution in [0.4, 0.5) is 11.4 Å². The summed E-state index contributed by atoms with van der Waals surface area (Å²) in [4.78, 5) is 12.5. The van der Waals surface area contributed by atoms with Crippen LogP contribution in [0.25, 0.3) is 10.9 Å². The zero-order valence-corrected chi connectivity index (χ0v) is 17.4. The molecule has 3 rings (SSSR count). The molecule has 0 atom stereocenters. The van der Waals surface area contributed by atoms with Crippen molar-refractivity contribution in [2.24, 2.45) is 17.3 Å². The lowest BCUT2D eigenvalue weighted by atomic mass is 10.1. The SMILES string of the molecule is Cc1cccc(C)c1N(CC(=O)N=Nc1c(O)n(C)c2ccccc12)S(C)(=O)=O. The molecule has 8 nitrogen and oxygen atoms in total. The highest BCUT2D eigenvalue weighted by Gasteiger charge is 2.24. The van der Waals surface area contributed by atoms with Gasteiger partial charge < -0.3 is 9.67 Å². The zero-order valence-electron chi connectivity index (χ0n) is 16.6. The highest BCUT2D eigenvalue weighted by atomic mass is 32.2. The van der Waals surface area contributed by atoms with Gasteiger partial charge in [0.15, 0.2) is 5.69 Å². The van der Waals surface area contributed by atoms with E-state index in [-0.39, 0.29) is 11.6 Å². The molecular formula is C20H22N4O4S. The van der Waals surface area contributed by atoms with Crippen LogP contribution in [0.15, 0.2) is 52.7 Å². The molecule has 1 N–H and O–H groups in total. The molecule has 0 unspecified atom stereocenters. The lowest BCUT2D eigenvalue weighted by molar-refractivity contribution is -0.116. The molecule has 0 bridgehead atoms. The number of fused-ring (bicyclic) bond motifs is 1. The number of carbonyl (C=O) groups is 1. The number of anilines is 1. The molecule has 0 spiro atoms. The molecule has 0 saturated carbocycles. The summed E-state index contributed by atoms with van der Waals surface area (Å²) in [6, 6.07) is 12.5. The maximum Gasteiger partial charge on any atom is 0.285 e. The van der Waals surface area contributed by atoms with E-state index in [9.17, 15) is 18.3 Å². The monoisotopic (exact) mass is 414 g/mol. The van der Waals surface area contributed by atoms with E-state index in [0.717, 1.165) is 27.2 Å². The average molecular weight is 414 g/mol. The van der Waals surface area contributed by atoms with Crippen molar-refractivity contribution in [1.29, 1.82) is 0 Å². The smallest absolute Gasteiger partial charge is 0.285 e. The van der Waals surface area contributed by atoms with Gasteiger partial charge in [-0.15, -0.1) is 10.2 Å². The van der Waals surface area contributed by atoms with Crippen molar-refractivity contribution in [2.45, 2.75) is 13.8 Å². The predicted octanol–water partition coefficient (Wildman–Crippen LogP) is 3.58. The van der Waals surface area contributed by atoms with Gasteiger partial charge in [-0.3, -0.25) is 9.10 Å². The second kappa shape index (κ2) is 7.67. The Morgan fingerprint density at radius 1 is 1.10 bits per heavy atom. The number of aryl methyl sites for hydroxylation is 3. The van der Waals surface area contributed by atoms with Crippen LogP contribution in [0.2, 0.25) is 0 Å². The summed E-state index contributed by atoms with van der Waals surface area (Å²) in [5.74, 6) is -0.872. The largest absolute Gasteiger partial charge is 0.493 e. The standard InChI is InChI=1S/C20H22N4O4S/c1-13-8-7-9-14(2)19(13)24(29(4,27)28)12-17(25)21-22-18-15-10-5-6-11-16(15)23(3)20(18)26/h5-11,26H,12H2,1-4H3. The number of para-hydroxylation sites is 2. The van der Waals surface area contributed by atoms with E-state index < -0.39 is 22.5 Å². The van der Waals surface area contributed by atoms with E-state index in [1.54, 1.807) is 45.2 Å². The van der Waals surface area contributed by atoms with Crippen molar-refractivity contribution in [3.63, 3.8) is 0 Å². The number of sulfonamides is 1. The lowest BCUT2D eigenvalue weighted by Crippen LogP contribution is -2.35. The van der Waals surface area contributed by atoms with Crippen molar-refractivity contribution >= 4 is 38.2 Å². The van der Waals surface area contributed by atoms with Crippen molar-refractivity contribution in [3.05, 3.63) is 53.6 Å². The van der Waals surface area contributed by atoms with Crippen LogP contribution < -0.4 is 4.31 Å². The first-order valence-electron chi connectivity index (χ1n) is 8.86. The normalized spacial score (nSPS) is 12.0. The van der Waals surface area contributed by atoms with E-state index in [2.05, 4.69) is 10.2 Å². The summed E-state index contributed by atoms with van der Waals surface area (Å²) in [7, 11) is -2.05. The molecule has 1 heterocycles. The fraction of sp³-hybridized carbons (Fsp3) is 0.250. The van der Waals surface area contributed by atoms with E-state index in [0.29, 0.717) is 11.1 Å². The van der Waals surface area contributed by atoms with Crippen molar-refractivity contribution in [3.8, 4) is 5.88 Å². The van der Waals surface area contributed by atoms with Crippen molar-refractivity contribution in [1.82, 2.24) is 4.57 Å². The van der Waals surface area contributed by atoms with Crippen molar-refractivity contribution < 1.29 is 18.3 Å². The molecule has 1 aromatic heterocycles. The highest BCUT2D eigenvalue weighted by molar-refractivity contribution is 7.92. The van der Waals surface area contributed by atoms with E-state index in [1.807, 2.05) is 18.2 Å². The molecule has 2 aromatic carbocycles. The molecule has 0 fully saturated rings. The van der Waals surface area contributed by atoms with Gasteiger partial charge in [0.05, 0.1) is 17.5 Å². The number of benzene rings is 2. The van der Waals surface area contributed by atoms with Gasteiger partial charge in [0.1, 0.15) is 6.54 Å². The fourth-order valence-corrected chi connectivity index (χ4v) is 4.24. The summed E-state index contributed by atoms with van der Waals surface area (Å²) < 4.78 is 27.2. The Morgan fingerprint density at radius 3 is 2.34 bits per heavy atom. The fourth-order valence-electron chi connectivity index (χ4n) is 3.28. The van der Waals surface area contributed by atoms with Crippen LogP contribution in [0.3, 0.4) is 0 Å². The third-order valence-corrected chi connectivity index (χ3v) is 5.79. The predicted molar refractivity (Wildman–Crippen MR) is 112 cm³/mol. The van der Waals surface area contributed by atoms with Gasteiger partial charge in [-0.25, -0.2) is 8.42 Å². The first kappa shape index (κ1) is 20.5. The Labute approximate surface area is 169 Å². The molecule has 0 aliphatic carbocycles. The molecule has 0 saturated heterocycles. The minimum atomic E-state index is -3.72. The van der Waals surface area contributed by atoms with Gasteiger partial charge in [0.25, 0.3) is 5.91 Å². The summed E-state index contributed by atoms with van der Waals surface area (Å²) in [6.45, 7) is 3.07. The van der Waals surface area contributed by atoms with Gasteiger partial charge >= 0.3 is 0 Å². The van der Waals surface area contributed by atoms with Crippen LogP contribution in [-0.2, 0) is 21.9 Å². The van der Waals surface area contributed by atoms with Gasteiger partial charge in [0, 0.05) is 12.4 Å². The third kappa shape index (κ3) is 4.00. The minimum absolute atomic E-state index is 0.127. The molecule has 152 valence electrons. The lowest BCUT2D eigenvalue weighted by Gasteiger charge is -2.24. The first-order valence-corrected chi connectivity index (χ1v) is 10.7. The second-order valence-electron chi connectivity index (χ2n) is 6.85. The Morgan fingerprint density at radius 2 is 1.72 bits per heavy atom. The number of azo groups is 1. The van der Waals surface area contributed by atoms with Gasteiger partial charge in [0.2, 0.25) is 15.9 Å². The summed E-state index contributed by atoms with van der Waals surface area (Å²) >= 11 is 0. The zero-order chi connectivity index (χ0) is 21.3. The van der Waals surface area contributed by atoms with E-state index in [1.165, 1.54) is 4.57 Å². The number of aromatic hydroxyl groups is 1. The van der Waals surface area contributed by atoms with Crippen LogP contribution in [-0.4, -0.2) is 36.8 Å². The Balaban J connectivity index is 1.94. The minimum Gasteiger partial charge on any atom is -0.493 e. The number of hydrogen-bond acceptors (Lipinski definition) is 5. The Kier molecular flexibility index (Phi) is 5.43. The van der Waals surface area contributed by atoms with Gasteiger partial charge in [-0.05, 0) is 31.0 Å². The quantitative estimate of drug-likeness (QED) is 0.644. The molecule has 9 heteroatoms. The number of carbonyl (C=O) groups excluding carboxylic acids is 1. The molecule has 0 aliphatic heterocycles. The molecule has 1 amide bonds. The highest BCUT2D eigenvalue weighted by Crippen LogP contribution is 2.37. The van der Waals surface area contributed by atoms with E-state index >= 15 is 0 Å². The maximum atomic E-state index is 12.5. The summed E-state index contributed by atoms with van der Waals surface area (Å²) in [6.07, 6.45) is 1.04. The van der Waals surface area contributed by atoms with Crippen LogP contribution >= 0.6 is 0 Å². The molecular weight excluding hydrogens is 392 g/mol. The number of hydrogen-bond donors (Lipinski definition) is 1. The van der Waals surface area contributed by atoms with Crippen LogP contribution in [0.1, 0.15) is 11.1 Å². The molecule has 29 heavy (non-hydrogen) atoms. The Hall–Kier alpha value is -3.20. The van der Waals surface area contributed by atoms with E-state index in [4.69, 9.17) is 0 Å². The Bertz CT molecular complexity index is 1210. The van der Waals surface area contributed by atoms with Crippen molar-refractivity contribution in [2.75, 3.05) is 17.1 Å². The van der Waals surface area contributed by atoms with Gasteiger partial charge in [-0.1, -0.05) is 36.4 Å². The first-order chi connectivity index (χ1) is 13.6. The maximum absolute atomic E-state index is 12.5. The van der Waals surface area contributed by atoms with Crippen LogP contribution in [0.5, 0.6) is 5.88 Å². The average Bonchev–Trinajstić information content (AvgIpc) is 2.89. The van der Waals surface area contributed by atoms with Crippen LogP contribution in [0, 0.1) is 13.8 Å². The second-order valence-corrected chi connectivity index (χ2v) is 8.76. The number of rotatable bonds is 5. The number of aromatic nitrogens is 1. The number of nitrogens with zero attached hydrogens (tertiary/aromatic N) is 4. The van der Waals surface area contributed by atoms with Gasteiger partial charge in [-0.2, -0.15) is 0 Å². The summed E-state index contributed by atoms with van der Waals surface area (Å²) in [5.41, 5.74) is 2.81. The topological polar surface area (TPSA) is 104 Å². The summed E-state index contributed by atoms with van der Waals surface area (Å²) in [5, 5.41) is 18.5.